The van der Waals surface area contributed by atoms with Gasteiger partial charge in [0.15, 0.2) is 0 Å². The second kappa shape index (κ2) is 10.3. The molecule has 1 aromatic carbocycles. The molecule has 1 N–H and O–H groups in total. The second-order valence-electron chi connectivity index (χ2n) is 9.29. The summed E-state index contributed by atoms with van der Waals surface area (Å²) in [5, 5.41) is 6.97. The van der Waals surface area contributed by atoms with Crippen molar-refractivity contribution in [2.24, 2.45) is 13.0 Å². The van der Waals surface area contributed by atoms with Crippen LogP contribution >= 0.6 is 0 Å². The summed E-state index contributed by atoms with van der Waals surface area (Å²) in [7, 11) is -1.83. The highest BCUT2D eigenvalue weighted by Crippen LogP contribution is 2.25. The fourth-order valence-electron chi connectivity index (χ4n) is 4.63. The van der Waals surface area contributed by atoms with Crippen LogP contribution in [-0.4, -0.2) is 71.9 Å². The lowest BCUT2D eigenvalue weighted by Crippen LogP contribution is -2.42. The molecule has 2 aliphatic rings. The average molecular weight is 488 g/mol. The zero-order chi connectivity index (χ0) is 24.3. The van der Waals surface area contributed by atoms with E-state index in [0.717, 1.165) is 37.7 Å². The van der Waals surface area contributed by atoms with Gasteiger partial charge in [-0.25, -0.2) is 8.42 Å². The van der Waals surface area contributed by atoms with Crippen LogP contribution < -0.4 is 5.32 Å². The third-order valence-electron chi connectivity index (χ3n) is 6.81. The smallest absolute Gasteiger partial charge is 0.254 e. The van der Waals surface area contributed by atoms with Crippen molar-refractivity contribution in [1.82, 2.24) is 24.3 Å². The number of hydrogen-bond acceptors (Lipinski definition) is 5. The fourth-order valence-corrected chi connectivity index (χ4v) is 6.18. The molecular formula is C24H33N5O4S. The quantitative estimate of drug-likeness (QED) is 0.673. The van der Waals surface area contributed by atoms with Crippen LogP contribution in [0.25, 0.3) is 0 Å². The fraction of sp³-hybridized carbons (Fsp3) is 0.542. The van der Waals surface area contributed by atoms with Crippen LogP contribution in [0.5, 0.6) is 0 Å². The Labute approximate surface area is 201 Å². The molecule has 2 amide bonds. The number of aromatic nitrogens is 2. The Bertz CT molecular complexity index is 1150. The lowest BCUT2D eigenvalue weighted by atomic mass is 9.95. The summed E-state index contributed by atoms with van der Waals surface area (Å²) in [6.07, 6.45) is 7.57. The standard InChI is InChI=1S/C24H33N5O4S/c1-18-6-7-21(34(32,33)29-10-4-3-5-11-29)14-22(18)24(31)28-12-8-19(9-13-28)15-25-23(30)20-16-26-27(2)17-20/h6-7,14,16-17,19H,3-5,8-13,15H2,1-2H3,(H,25,30). The Hall–Kier alpha value is -2.72. The third kappa shape index (κ3) is 5.33. The molecule has 3 heterocycles. The molecule has 0 unspecified atom stereocenters. The highest BCUT2D eigenvalue weighted by Gasteiger charge is 2.29. The van der Waals surface area contributed by atoms with E-state index in [-0.39, 0.29) is 22.6 Å². The third-order valence-corrected chi connectivity index (χ3v) is 8.71. The van der Waals surface area contributed by atoms with Crippen LogP contribution in [-0.2, 0) is 17.1 Å². The molecule has 0 saturated carbocycles. The summed E-state index contributed by atoms with van der Waals surface area (Å²) >= 11 is 0. The Morgan fingerprint density at radius 3 is 2.44 bits per heavy atom. The molecule has 0 aliphatic carbocycles. The SMILES string of the molecule is Cc1ccc(S(=O)(=O)N2CCCCC2)cc1C(=O)N1CCC(CNC(=O)c2cnn(C)c2)CC1. The van der Waals surface area contributed by atoms with Crippen LogP contribution in [0.1, 0.15) is 58.4 Å². The van der Waals surface area contributed by atoms with Crippen molar-refractivity contribution in [3.05, 3.63) is 47.3 Å². The van der Waals surface area contributed by atoms with Gasteiger partial charge in [0, 0.05) is 51.5 Å². The molecular weight excluding hydrogens is 454 g/mol. The van der Waals surface area contributed by atoms with E-state index in [1.54, 1.807) is 47.2 Å². The Morgan fingerprint density at radius 1 is 1.09 bits per heavy atom. The van der Waals surface area contributed by atoms with Gasteiger partial charge in [0.2, 0.25) is 10.0 Å². The van der Waals surface area contributed by atoms with Crippen LogP contribution in [0, 0.1) is 12.8 Å². The predicted octanol–water partition coefficient (Wildman–Crippen LogP) is 2.19. The molecule has 2 aliphatic heterocycles. The number of carbonyl (C=O) groups excluding carboxylic acids is 2. The number of nitrogens with zero attached hydrogens (tertiary/aromatic N) is 4. The summed E-state index contributed by atoms with van der Waals surface area (Å²) in [4.78, 5) is 27.5. The number of likely N-dealkylation sites (tertiary alicyclic amines) is 1. The number of aryl methyl sites for hydroxylation is 2. The molecule has 0 atom stereocenters. The number of benzene rings is 1. The Morgan fingerprint density at radius 2 is 1.79 bits per heavy atom. The van der Waals surface area contributed by atoms with Gasteiger partial charge in [-0.3, -0.25) is 14.3 Å². The Kier molecular flexibility index (Phi) is 7.37. The van der Waals surface area contributed by atoms with Crippen molar-refractivity contribution in [3.8, 4) is 0 Å². The van der Waals surface area contributed by atoms with Crippen molar-refractivity contribution < 1.29 is 18.0 Å². The topological polar surface area (TPSA) is 105 Å². The molecule has 34 heavy (non-hydrogen) atoms. The molecule has 10 heteroatoms. The summed E-state index contributed by atoms with van der Waals surface area (Å²) in [6.45, 7) is 4.61. The first-order valence-electron chi connectivity index (χ1n) is 11.9. The molecule has 0 spiro atoms. The van der Waals surface area contributed by atoms with Gasteiger partial charge in [0.25, 0.3) is 11.8 Å². The predicted molar refractivity (Wildman–Crippen MR) is 128 cm³/mol. The first-order valence-corrected chi connectivity index (χ1v) is 13.4. The molecule has 4 rings (SSSR count). The van der Waals surface area contributed by atoms with E-state index in [4.69, 9.17) is 0 Å². The van der Waals surface area contributed by atoms with E-state index < -0.39 is 10.0 Å². The summed E-state index contributed by atoms with van der Waals surface area (Å²) in [5.41, 5.74) is 1.75. The molecule has 2 fully saturated rings. The summed E-state index contributed by atoms with van der Waals surface area (Å²) < 4.78 is 29.3. The van der Waals surface area contributed by atoms with E-state index in [9.17, 15) is 18.0 Å². The number of hydrogen-bond donors (Lipinski definition) is 1. The van der Waals surface area contributed by atoms with Crippen molar-refractivity contribution in [2.75, 3.05) is 32.7 Å². The molecule has 184 valence electrons. The zero-order valence-electron chi connectivity index (χ0n) is 19.9. The summed E-state index contributed by atoms with van der Waals surface area (Å²) in [6, 6.07) is 4.87. The van der Waals surface area contributed by atoms with E-state index in [1.165, 1.54) is 4.31 Å². The monoisotopic (exact) mass is 487 g/mol. The normalized spacial score (nSPS) is 18.1. The summed E-state index contributed by atoms with van der Waals surface area (Å²) in [5.74, 6) is 0.0107. The van der Waals surface area contributed by atoms with E-state index >= 15 is 0 Å². The van der Waals surface area contributed by atoms with Gasteiger partial charge in [-0.1, -0.05) is 12.5 Å². The van der Waals surface area contributed by atoms with E-state index in [1.807, 2.05) is 6.92 Å². The maximum atomic E-state index is 13.3. The highest BCUT2D eigenvalue weighted by molar-refractivity contribution is 7.89. The van der Waals surface area contributed by atoms with Crippen LogP contribution in [0.3, 0.4) is 0 Å². The van der Waals surface area contributed by atoms with Gasteiger partial charge in [-0.15, -0.1) is 0 Å². The molecule has 0 bridgehead atoms. The number of piperidine rings is 2. The van der Waals surface area contributed by atoms with Gasteiger partial charge in [0.05, 0.1) is 16.7 Å². The number of rotatable bonds is 6. The van der Waals surface area contributed by atoms with E-state index in [0.29, 0.717) is 43.9 Å². The van der Waals surface area contributed by atoms with Crippen LogP contribution in [0.4, 0.5) is 0 Å². The van der Waals surface area contributed by atoms with Crippen molar-refractivity contribution >= 4 is 21.8 Å². The highest BCUT2D eigenvalue weighted by atomic mass is 32.2. The molecule has 2 aromatic rings. The lowest BCUT2D eigenvalue weighted by Gasteiger charge is -2.32. The van der Waals surface area contributed by atoms with Gasteiger partial charge < -0.3 is 10.2 Å². The first kappa shape index (κ1) is 24.4. The zero-order valence-corrected chi connectivity index (χ0v) is 20.7. The van der Waals surface area contributed by atoms with Crippen molar-refractivity contribution in [3.63, 3.8) is 0 Å². The van der Waals surface area contributed by atoms with E-state index in [2.05, 4.69) is 10.4 Å². The van der Waals surface area contributed by atoms with Gasteiger partial charge in [-0.2, -0.15) is 9.40 Å². The number of nitrogens with one attached hydrogen (secondary N) is 1. The second-order valence-corrected chi connectivity index (χ2v) is 11.2. The number of sulfonamides is 1. The molecule has 1 aromatic heterocycles. The van der Waals surface area contributed by atoms with Crippen molar-refractivity contribution in [2.45, 2.75) is 43.9 Å². The minimum Gasteiger partial charge on any atom is -0.352 e. The number of amides is 2. The molecule has 2 saturated heterocycles. The average Bonchev–Trinajstić information content (AvgIpc) is 3.29. The molecule has 9 nitrogen and oxygen atoms in total. The maximum absolute atomic E-state index is 13.3. The van der Waals surface area contributed by atoms with Gasteiger partial charge in [-0.05, 0) is 56.2 Å². The van der Waals surface area contributed by atoms with Crippen LogP contribution in [0.15, 0.2) is 35.5 Å². The maximum Gasteiger partial charge on any atom is 0.254 e. The van der Waals surface area contributed by atoms with Crippen molar-refractivity contribution in [1.29, 1.82) is 0 Å². The minimum atomic E-state index is -3.59. The number of carbonyl (C=O) groups is 2. The largest absolute Gasteiger partial charge is 0.352 e. The molecule has 0 radical (unpaired) electrons. The van der Waals surface area contributed by atoms with Gasteiger partial charge >= 0.3 is 0 Å². The first-order chi connectivity index (χ1) is 16.3. The minimum absolute atomic E-state index is 0.133. The lowest BCUT2D eigenvalue weighted by molar-refractivity contribution is 0.0683. The van der Waals surface area contributed by atoms with Gasteiger partial charge in [0.1, 0.15) is 0 Å². The Balaban J connectivity index is 1.36. The van der Waals surface area contributed by atoms with Crippen LogP contribution in [0.2, 0.25) is 0 Å².